The third kappa shape index (κ3) is 3.39. The van der Waals surface area contributed by atoms with Crippen LogP contribution in [0.25, 0.3) is 27.8 Å². The lowest BCUT2D eigenvalue weighted by Gasteiger charge is -2.29. The van der Waals surface area contributed by atoms with Gasteiger partial charge in [0.2, 0.25) is 5.88 Å². The van der Waals surface area contributed by atoms with Crippen molar-refractivity contribution in [3.05, 3.63) is 107 Å². The van der Waals surface area contributed by atoms with Crippen LogP contribution in [0.1, 0.15) is 22.6 Å². The molecular weight excluding hydrogens is 500 g/mol. The van der Waals surface area contributed by atoms with Gasteiger partial charge >= 0.3 is 0 Å². The number of ether oxygens (including phenoxy) is 3. The Morgan fingerprint density at radius 1 is 0.868 bits per heavy atom. The van der Waals surface area contributed by atoms with Crippen molar-refractivity contribution in [2.45, 2.75) is 5.92 Å². The van der Waals surface area contributed by atoms with Gasteiger partial charge in [-0.1, -0.05) is 60.1 Å². The van der Waals surface area contributed by atoms with Crippen LogP contribution in [0.2, 0.25) is 5.02 Å². The molecule has 0 N–H and O–H groups in total. The molecule has 0 bridgehead atoms. The molecular formula is C30H21ClN4O3. The van der Waals surface area contributed by atoms with Crippen LogP contribution in [-0.4, -0.2) is 33.8 Å². The van der Waals surface area contributed by atoms with Crippen molar-refractivity contribution >= 4 is 28.0 Å². The van der Waals surface area contributed by atoms with Gasteiger partial charge in [0.25, 0.3) is 0 Å². The molecule has 1 aliphatic rings. The number of rotatable bonds is 4. The maximum absolute atomic E-state index is 6.49. The second-order valence-corrected chi connectivity index (χ2v) is 9.40. The summed E-state index contributed by atoms with van der Waals surface area (Å²) in [6.45, 7) is 0. The Hall–Kier alpha value is -4.62. The van der Waals surface area contributed by atoms with Crippen molar-refractivity contribution in [2.24, 2.45) is 0 Å². The number of hydrogen-bond donors (Lipinski definition) is 0. The second-order valence-electron chi connectivity index (χ2n) is 8.99. The van der Waals surface area contributed by atoms with Crippen LogP contribution >= 0.6 is 11.6 Å². The summed E-state index contributed by atoms with van der Waals surface area (Å²) in [5.41, 5.74) is 4.22. The van der Waals surface area contributed by atoms with E-state index in [0.29, 0.717) is 33.9 Å². The molecule has 0 unspecified atom stereocenters. The fraction of sp³-hybridized carbons (Fsp3) is 0.100. The zero-order chi connectivity index (χ0) is 25.8. The first-order chi connectivity index (χ1) is 18.7. The van der Waals surface area contributed by atoms with E-state index in [1.165, 1.54) is 0 Å². The molecule has 2 aromatic heterocycles. The average Bonchev–Trinajstić information content (AvgIpc) is 3.40. The maximum Gasteiger partial charge on any atom is 0.228 e. The lowest BCUT2D eigenvalue weighted by molar-refractivity contribution is 0.354. The molecule has 0 radical (unpaired) electrons. The third-order valence-corrected chi connectivity index (χ3v) is 7.29. The Morgan fingerprint density at radius 2 is 1.68 bits per heavy atom. The molecule has 186 valence electrons. The standard InChI is InChI=1S/C30H21ClN4O3/c1-36-22-13-12-18(15-24(22)37-2)25-26-19-8-4-3-7-17(19)11-14-23(26)38-30-27(25)29-33-28(34-35(29)16-32-30)20-9-5-6-10-21(20)31/h3-16,25H,1-2H3/t25-/m1/s1. The first-order valence-corrected chi connectivity index (χ1v) is 12.5. The minimum atomic E-state index is -0.265. The van der Waals surface area contributed by atoms with Crippen LogP contribution < -0.4 is 14.2 Å². The van der Waals surface area contributed by atoms with E-state index in [-0.39, 0.29) is 5.92 Å². The molecule has 0 saturated carbocycles. The maximum atomic E-state index is 6.49. The van der Waals surface area contributed by atoms with Gasteiger partial charge < -0.3 is 14.2 Å². The normalized spacial score (nSPS) is 14.1. The van der Waals surface area contributed by atoms with Crippen LogP contribution in [0, 0.1) is 0 Å². The van der Waals surface area contributed by atoms with E-state index in [4.69, 9.17) is 35.9 Å². The number of methoxy groups -OCH3 is 2. The van der Waals surface area contributed by atoms with Gasteiger partial charge in [0.15, 0.2) is 23.0 Å². The topological polar surface area (TPSA) is 70.8 Å². The highest BCUT2D eigenvalue weighted by Gasteiger charge is 2.35. The number of halogens is 1. The number of nitrogens with zero attached hydrogens (tertiary/aromatic N) is 4. The largest absolute Gasteiger partial charge is 0.493 e. The Kier molecular flexibility index (Phi) is 5.19. The van der Waals surface area contributed by atoms with Crippen molar-refractivity contribution in [1.82, 2.24) is 19.6 Å². The summed E-state index contributed by atoms with van der Waals surface area (Å²) in [6, 6.07) is 25.8. The van der Waals surface area contributed by atoms with Crippen LogP contribution in [0.3, 0.4) is 0 Å². The zero-order valence-electron chi connectivity index (χ0n) is 20.6. The van der Waals surface area contributed by atoms with Crippen molar-refractivity contribution < 1.29 is 14.2 Å². The highest BCUT2D eigenvalue weighted by Crippen LogP contribution is 2.51. The molecule has 1 aliphatic heterocycles. The van der Waals surface area contributed by atoms with E-state index < -0.39 is 0 Å². The lowest BCUT2D eigenvalue weighted by Crippen LogP contribution is -2.15. The minimum absolute atomic E-state index is 0.265. The number of benzene rings is 4. The Morgan fingerprint density at radius 3 is 2.53 bits per heavy atom. The minimum Gasteiger partial charge on any atom is -0.493 e. The quantitative estimate of drug-likeness (QED) is 0.251. The fourth-order valence-electron chi connectivity index (χ4n) is 5.23. The molecule has 7 rings (SSSR count). The lowest BCUT2D eigenvalue weighted by atomic mass is 9.81. The van der Waals surface area contributed by atoms with Gasteiger partial charge in [-0.25, -0.2) is 14.5 Å². The first kappa shape index (κ1) is 22.6. The fourth-order valence-corrected chi connectivity index (χ4v) is 5.45. The van der Waals surface area contributed by atoms with E-state index in [9.17, 15) is 0 Å². The summed E-state index contributed by atoms with van der Waals surface area (Å²) in [6.07, 6.45) is 1.62. The van der Waals surface area contributed by atoms with Crippen molar-refractivity contribution in [1.29, 1.82) is 0 Å². The molecule has 0 saturated heterocycles. The first-order valence-electron chi connectivity index (χ1n) is 12.1. The van der Waals surface area contributed by atoms with Crippen molar-refractivity contribution in [2.75, 3.05) is 14.2 Å². The molecule has 0 amide bonds. The highest BCUT2D eigenvalue weighted by atomic mass is 35.5. The summed E-state index contributed by atoms with van der Waals surface area (Å²) in [5.74, 6) is 2.77. The average molecular weight is 521 g/mol. The smallest absolute Gasteiger partial charge is 0.228 e. The van der Waals surface area contributed by atoms with Crippen molar-refractivity contribution in [3.63, 3.8) is 0 Å². The molecule has 1 atom stereocenters. The van der Waals surface area contributed by atoms with Gasteiger partial charge in [-0.05, 0) is 46.7 Å². The molecule has 3 heterocycles. The summed E-state index contributed by atoms with van der Waals surface area (Å²) >= 11 is 6.49. The molecule has 38 heavy (non-hydrogen) atoms. The number of fused-ring (bicyclic) bond motifs is 6. The Labute approximate surface area is 223 Å². The van der Waals surface area contributed by atoms with Gasteiger partial charge in [-0.15, -0.1) is 5.10 Å². The van der Waals surface area contributed by atoms with Gasteiger partial charge in [0, 0.05) is 17.0 Å². The van der Waals surface area contributed by atoms with E-state index in [1.807, 2.05) is 60.7 Å². The van der Waals surface area contributed by atoms with Crippen molar-refractivity contribution in [3.8, 4) is 34.5 Å². The predicted octanol–water partition coefficient (Wildman–Crippen LogP) is 6.90. The summed E-state index contributed by atoms with van der Waals surface area (Å²) in [5, 5.41) is 7.50. The van der Waals surface area contributed by atoms with Gasteiger partial charge in [0.1, 0.15) is 12.1 Å². The van der Waals surface area contributed by atoms with E-state index in [0.717, 1.165) is 38.8 Å². The highest BCUT2D eigenvalue weighted by molar-refractivity contribution is 6.33. The van der Waals surface area contributed by atoms with Gasteiger partial charge in [-0.2, -0.15) is 0 Å². The molecule has 0 spiro atoms. The molecule has 7 nitrogen and oxygen atoms in total. The molecule has 0 aliphatic carbocycles. The monoisotopic (exact) mass is 520 g/mol. The van der Waals surface area contributed by atoms with Crippen LogP contribution in [-0.2, 0) is 0 Å². The number of aromatic nitrogens is 4. The molecule has 0 fully saturated rings. The SMILES string of the molecule is COc1ccc([C@@H]2c3c(ccc4ccccc34)Oc3ncn4nc(-c5ccccc5Cl)nc4c32)cc1OC. The summed E-state index contributed by atoms with van der Waals surface area (Å²) in [7, 11) is 3.26. The Bertz CT molecular complexity index is 1870. The third-order valence-electron chi connectivity index (χ3n) is 6.96. The van der Waals surface area contributed by atoms with Crippen LogP contribution in [0.5, 0.6) is 23.1 Å². The molecule has 4 aromatic carbocycles. The van der Waals surface area contributed by atoms with E-state index >= 15 is 0 Å². The predicted molar refractivity (Wildman–Crippen MR) is 146 cm³/mol. The van der Waals surface area contributed by atoms with E-state index in [1.54, 1.807) is 25.1 Å². The van der Waals surface area contributed by atoms with Gasteiger partial charge in [0.05, 0.1) is 24.8 Å². The van der Waals surface area contributed by atoms with Crippen LogP contribution in [0.4, 0.5) is 0 Å². The zero-order valence-corrected chi connectivity index (χ0v) is 21.3. The van der Waals surface area contributed by atoms with Crippen LogP contribution in [0.15, 0.2) is 85.2 Å². The summed E-state index contributed by atoms with van der Waals surface area (Å²) in [4.78, 5) is 9.61. The second kappa shape index (κ2) is 8.75. The molecule has 6 aromatic rings. The Balaban J connectivity index is 1.54. The number of hydrogen-bond acceptors (Lipinski definition) is 6. The summed E-state index contributed by atoms with van der Waals surface area (Å²) < 4.78 is 19.3. The molecule has 8 heteroatoms. The van der Waals surface area contributed by atoms with Gasteiger partial charge in [-0.3, -0.25) is 0 Å². The van der Waals surface area contributed by atoms with E-state index in [2.05, 4.69) is 23.2 Å².